The summed E-state index contributed by atoms with van der Waals surface area (Å²) in [6, 6.07) is 9.17. The number of para-hydroxylation sites is 1. The number of nitrogens with two attached hydrogens (primary N) is 1. The van der Waals surface area contributed by atoms with Gasteiger partial charge in [0, 0.05) is 30.1 Å². The molecule has 0 aliphatic heterocycles. The molecule has 3 aromatic rings. The van der Waals surface area contributed by atoms with E-state index < -0.39 is 13.0 Å². The standard InChI is InChI=1S/C23H25ClN5O3P/c1-29-19(33(31,13-6-7-13)14-8-9-14)12-18(28-29)15-4-3-5-17(21(15)32-2)27-16-10-11-26-22(24)20(16)23(25)30/h3-5,10-14H,6-9H2,1-2H3,(H2,25,30)(H,26,27). The molecule has 5 rings (SSSR count). The van der Waals surface area contributed by atoms with Gasteiger partial charge in [0.15, 0.2) is 5.75 Å². The number of carbonyl (C=O) groups excluding carboxylic acids is 1. The summed E-state index contributed by atoms with van der Waals surface area (Å²) in [6.07, 6.45) is 5.63. The Morgan fingerprint density at radius 3 is 2.52 bits per heavy atom. The zero-order valence-corrected chi connectivity index (χ0v) is 20.1. The van der Waals surface area contributed by atoms with E-state index in [4.69, 9.17) is 27.2 Å². The van der Waals surface area contributed by atoms with Crippen LogP contribution in [-0.4, -0.2) is 39.1 Å². The number of rotatable bonds is 8. The molecule has 0 bridgehead atoms. The van der Waals surface area contributed by atoms with Gasteiger partial charge in [0.1, 0.15) is 12.3 Å². The van der Waals surface area contributed by atoms with Crippen LogP contribution in [0.3, 0.4) is 0 Å². The van der Waals surface area contributed by atoms with Gasteiger partial charge in [-0.1, -0.05) is 17.7 Å². The molecule has 2 heterocycles. The van der Waals surface area contributed by atoms with Crippen LogP contribution in [0.2, 0.25) is 5.15 Å². The molecule has 3 N–H and O–H groups in total. The number of primary amides is 1. The van der Waals surface area contributed by atoms with Crippen LogP contribution in [-0.2, 0) is 11.6 Å². The topological polar surface area (TPSA) is 112 Å². The molecule has 0 saturated heterocycles. The molecule has 33 heavy (non-hydrogen) atoms. The summed E-state index contributed by atoms with van der Waals surface area (Å²) in [5, 5.41) is 7.93. The lowest BCUT2D eigenvalue weighted by atomic mass is 10.1. The SMILES string of the molecule is COc1c(Nc2ccnc(Cl)c2C(N)=O)cccc1-c1cc(P(=O)(C2CC2)C2CC2)n(C)n1. The summed E-state index contributed by atoms with van der Waals surface area (Å²) in [5.41, 5.74) is 9.53. The van der Waals surface area contributed by atoms with E-state index in [0.29, 0.717) is 34.1 Å². The molecule has 10 heteroatoms. The Bertz CT molecular complexity index is 1280. The number of aryl methyl sites for hydroxylation is 1. The summed E-state index contributed by atoms with van der Waals surface area (Å²) in [5.74, 6) is -0.144. The highest BCUT2D eigenvalue weighted by Gasteiger charge is 2.53. The fourth-order valence-corrected chi connectivity index (χ4v) is 8.73. The molecule has 172 valence electrons. The maximum Gasteiger partial charge on any atom is 0.253 e. The maximum atomic E-state index is 14.0. The molecule has 1 aromatic carbocycles. The molecule has 2 aliphatic rings. The van der Waals surface area contributed by atoms with E-state index >= 15 is 0 Å². The van der Waals surface area contributed by atoms with Crippen LogP contribution < -0.4 is 21.2 Å². The van der Waals surface area contributed by atoms with E-state index in [1.54, 1.807) is 17.9 Å². The number of benzene rings is 1. The molecule has 1 amide bonds. The summed E-state index contributed by atoms with van der Waals surface area (Å²) in [4.78, 5) is 15.9. The van der Waals surface area contributed by atoms with Gasteiger partial charge in [0.25, 0.3) is 5.91 Å². The fourth-order valence-electron chi connectivity index (χ4n) is 4.48. The van der Waals surface area contributed by atoms with Gasteiger partial charge in [-0.2, -0.15) is 5.10 Å². The Morgan fingerprint density at radius 1 is 1.21 bits per heavy atom. The number of methoxy groups -OCH3 is 1. The van der Waals surface area contributed by atoms with Crippen molar-refractivity contribution in [2.75, 3.05) is 12.4 Å². The number of hydrogen-bond acceptors (Lipinski definition) is 6. The van der Waals surface area contributed by atoms with Crippen LogP contribution >= 0.6 is 18.7 Å². The van der Waals surface area contributed by atoms with Crippen molar-refractivity contribution in [1.82, 2.24) is 14.8 Å². The molecule has 2 saturated carbocycles. The number of nitrogens with zero attached hydrogens (tertiary/aromatic N) is 3. The lowest BCUT2D eigenvalue weighted by Crippen LogP contribution is -2.20. The Balaban J connectivity index is 1.56. The first-order valence-electron chi connectivity index (χ1n) is 10.9. The number of aromatic nitrogens is 3. The second-order valence-corrected chi connectivity index (χ2v) is 12.3. The van der Waals surface area contributed by atoms with Crippen molar-refractivity contribution < 1.29 is 14.1 Å². The number of hydrogen-bond donors (Lipinski definition) is 2. The zero-order chi connectivity index (χ0) is 23.3. The number of halogens is 1. The Morgan fingerprint density at radius 2 is 1.91 bits per heavy atom. The van der Waals surface area contributed by atoms with Crippen molar-refractivity contribution in [2.45, 2.75) is 37.0 Å². The van der Waals surface area contributed by atoms with E-state index in [-0.39, 0.29) is 10.7 Å². The summed E-state index contributed by atoms with van der Waals surface area (Å²) in [6.45, 7) is 0. The Hall–Kier alpha value is -2.83. The second-order valence-electron chi connectivity index (χ2n) is 8.58. The fraction of sp³-hybridized carbons (Fsp3) is 0.348. The average molecular weight is 486 g/mol. The summed E-state index contributed by atoms with van der Waals surface area (Å²) < 4.78 is 21.6. The van der Waals surface area contributed by atoms with E-state index in [1.165, 1.54) is 6.20 Å². The predicted octanol–water partition coefficient (Wildman–Crippen LogP) is 4.30. The zero-order valence-electron chi connectivity index (χ0n) is 18.4. The largest absolute Gasteiger partial charge is 0.494 e. The molecule has 0 unspecified atom stereocenters. The number of anilines is 2. The van der Waals surface area contributed by atoms with Gasteiger partial charge < -0.3 is 20.4 Å². The molecule has 0 spiro atoms. The number of amides is 1. The molecule has 2 aromatic heterocycles. The number of nitrogens with one attached hydrogen (secondary N) is 1. The van der Waals surface area contributed by atoms with Gasteiger partial charge in [0.05, 0.1) is 35.2 Å². The van der Waals surface area contributed by atoms with E-state index in [0.717, 1.165) is 36.7 Å². The van der Waals surface area contributed by atoms with Crippen molar-refractivity contribution in [3.8, 4) is 17.0 Å². The summed E-state index contributed by atoms with van der Waals surface area (Å²) in [7, 11) is 0.962. The van der Waals surface area contributed by atoms with Gasteiger partial charge in [-0.3, -0.25) is 9.48 Å². The molecular weight excluding hydrogens is 461 g/mol. The first kappa shape index (κ1) is 22.0. The quantitative estimate of drug-likeness (QED) is 0.363. The molecule has 0 atom stereocenters. The molecule has 8 nitrogen and oxygen atoms in total. The van der Waals surface area contributed by atoms with Crippen molar-refractivity contribution in [3.05, 3.63) is 47.2 Å². The number of carbonyl (C=O) groups is 1. The highest BCUT2D eigenvalue weighted by atomic mass is 35.5. The monoisotopic (exact) mass is 485 g/mol. The molecule has 2 fully saturated rings. The summed E-state index contributed by atoms with van der Waals surface area (Å²) >= 11 is 6.09. The van der Waals surface area contributed by atoms with Gasteiger partial charge in [0.2, 0.25) is 0 Å². The van der Waals surface area contributed by atoms with Gasteiger partial charge in [-0.25, -0.2) is 4.98 Å². The minimum Gasteiger partial charge on any atom is -0.494 e. The van der Waals surface area contributed by atoms with Crippen molar-refractivity contribution in [1.29, 1.82) is 0 Å². The van der Waals surface area contributed by atoms with Crippen LogP contribution in [0.25, 0.3) is 11.3 Å². The molecule has 2 aliphatic carbocycles. The number of pyridine rings is 1. The normalized spacial score (nSPS) is 16.0. The minimum atomic E-state index is -2.47. The molecular formula is C23H25ClN5O3P. The lowest BCUT2D eigenvalue weighted by Gasteiger charge is -2.17. The van der Waals surface area contributed by atoms with Crippen molar-refractivity contribution in [2.24, 2.45) is 12.8 Å². The first-order valence-corrected chi connectivity index (χ1v) is 13.1. The Kier molecular flexibility index (Phi) is 5.46. The first-order chi connectivity index (χ1) is 15.8. The van der Waals surface area contributed by atoms with Crippen molar-refractivity contribution >= 4 is 41.5 Å². The maximum absolute atomic E-state index is 14.0. The second kappa shape index (κ2) is 8.19. The minimum absolute atomic E-state index is 0.0212. The predicted molar refractivity (Wildman–Crippen MR) is 130 cm³/mol. The van der Waals surface area contributed by atoms with Crippen LogP contribution in [0.15, 0.2) is 36.5 Å². The lowest BCUT2D eigenvalue weighted by molar-refractivity contribution is 0.100. The van der Waals surface area contributed by atoms with Crippen molar-refractivity contribution in [3.63, 3.8) is 0 Å². The van der Waals surface area contributed by atoms with Crippen LogP contribution in [0.5, 0.6) is 5.75 Å². The van der Waals surface area contributed by atoms with Crippen LogP contribution in [0, 0.1) is 0 Å². The third kappa shape index (κ3) is 3.81. The third-order valence-corrected chi connectivity index (χ3v) is 10.9. The Labute approximate surface area is 196 Å². The highest BCUT2D eigenvalue weighted by molar-refractivity contribution is 7.73. The highest BCUT2D eigenvalue weighted by Crippen LogP contribution is 2.69. The number of ether oxygens (including phenoxy) is 1. The third-order valence-electron chi connectivity index (χ3n) is 6.31. The van der Waals surface area contributed by atoms with E-state index in [9.17, 15) is 9.36 Å². The van der Waals surface area contributed by atoms with Gasteiger partial charge >= 0.3 is 0 Å². The van der Waals surface area contributed by atoms with E-state index in [1.807, 2.05) is 31.3 Å². The van der Waals surface area contributed by atoms with E-state index in [2.05, 4.69) is 10.3 Å². The van der Waals surface area contributed by atoms with Gasteiger partial charge in [-0.15, -0.1) is 0 Å². The average Bonchev–Trinajstić information content (AvgIpc) is 3.69. The van der Waals surface area contributed by atoms with Crippen LogP contribution in [0.1, 0.15) is 36.0 Å². The molecule has 0 radical (unpaired) electrons. The van der Waals surface area contributed by atoms with Crippen LogP contribution in [0.4, 0.5) is 11.4 Å². The van der Waals surface area contributed by atoms with Gasteiger partial charge in [-0.05, 0) is 49.9 Å². The smallest absolute Gasteiger partial charge is 0.253 e.